The predicted molar refractivity (Wildman–Crippen MR) is 104 cm³/mol. The third kappa shape index (κ3) is 4.81. The Morgan fingerprint density at radius 2 is 1.76 bits per heavy atom. The standard InChI is InChI=1S/C19H28N6/c1-3-25(4-2)17-12-10-16(11-13-17)22-19-23-18(14-20-24-19)21-15-8-6-5-7-9-15/h10-15H,3-9H2,1-2H3,(H2,21,22,23,24). The Labute approximate surface area is 150 Å². The molecule has 1 saturated carbocycles. The molecule has 25 heavy (non-hydrogen) atoms. The van der Waals surface area contributed by atoms with E-state index < -0.39 is 0 Å². The summed E-state index contributed by atoms with van der Waals surface area (Å²) >= 11 is 0. The van der Waals surface area contributed by atoms with Crippen molar-refractivity contribution in [3.63, 3.8) is 0 Å². The molecule has 0 amide bonds. The van der Waals surface area contributed by atoms with E-state index in [0.717, 1.165) is 24.6 Å². The number of benzene rings is 1. The van der Waals surface area contributed by atoms with Gasteiger partial charge in [0.25, 0.3) is 0 Å². The second-order valence-electron chi connectivity index (χ2n) is 6.49. The lowest BCUT2D eigenvalue weighted by atomic mass is 9.96. The van der Waals surface area contributed by atoms with Gasteiger partial charge in [-0.3, -0.25) is 0 Å². The van der Waals surface area contributed by atoms with E-state index in [4.69, 9.17) is 0 Å². The zero-order valence-corrected chi connectivity index (χ0v) is 15.2. The van der Waals surface area contributed by atoms with Crippen LogP contribution in [0.2, 0.25) is 0 Å². The van der Waals surface area contributed by atoms with Crippen molar-refractivity contribution in [2.24, 2.45) is 0 Å². The molecule has 1 aromatic carbocycles. The van der Waals surface area contributed by atoms with Crippen molar-refractivity contribution in [1.29, 1.82) is 0 Å². The molecule has 3 rings (SSSR count). The van der Waals surface area contributed by atoms with Crippen molar-refractivity contribution in [3.8, 4) is 0 Å². The third-order valence-electron chi connectivity index (χ3n) is 4.77. The van der Waals surface area contributed by atoms with E-state index in [-0.39, 0.29) is 0 Å². The number of rotatable bonds is 7. The Morgan fingerprint density at radius 1 is 1.04 bits per heavy atom. The molecule has 1 heterocycles. The number of aromatic nitrogens is 3. The van der Waals surface area contributed by atoms with E-state index in [1.807, 2.05) is 0 Å². The summed E-state index contributed by atoms with van der Waals surface area (Å²) in [6.07, 6.45) is 8.04. The van der Waals surface area contributed by atoms with Crippen LogP contribution >= 0.6 is 0 Å². The van der Waals surface area contributed by atoms with E-state index in [9.17, 15) is 0 Å². The highest BCUT2D eigenvalue weighted by atomic mass is 15.3. The normalized spacial score (nSPS) is 15.0. The van der Waals surface area contributed by atoms with Gasteiger partial charge in [-0.25, -0.2) is 0 Å². The molecule has 134 valence electrons. The summed E-state index contributed by atoms with van der Waals surface area (Å²) in [7, 11) is 0. The minimum absolute atomic E-state index is 0.506. The number of hydrogen-bond acceptors (Lipinski definition) is 6. The van der Waals surface area contributed by atoms with Crippen molar-refractivity contribution in [1.82, 2.24) is 15.2 Å². The van der Waals surface area contributed by atoms with Crippen LogP contribution in [0.5, 0.6) is 0 Å². The summed E-state index contributed by atoms with van der Waals surface area (Å²) in [5, 5.41) is 14.9. The van der Waals surface area contributed by atoms with Gasteiger partial charge < -0.3 is 15.5 Å². The van der Waals surface area contributed by atoms with Gasteiger partial charge in [-0.2, -0.15) is 10.1 Å². The molecular weight excluding hydrogens is 312 g/mol. The molecule has 6 heteroatoms. The minimum Gasteiger partial charge on any atom is -0.372 e. The number of anilines is 4. The average molecular weight is 340 g/mol. The summed E-state index contributed by atoms with van der Waals surface area (Å²) in [5.41, 5.74) is 2.19. The molecule has 0 bridgehead atoms. The molecule has 0 saturated heterocycles. The molecule has 0 atom stereocenters. The van der Waals surface area contributed by atoms with E-state index in [1.54, 1.807) is 6.20 Å². The summed E-state index contributed by atoms with van der Waals surface area (Å²) in [5.74, 6) is 1.32. The van der Waals surface area contributed by atoms with E-state index in [2.05, 4.69) is 68.8 Å². The molecule has 0 spiro atoms. The zero-order valence-electron chi connectivity index (χ0n) is 15.2. The van der Waals surface area contributed by atoms with Crippen LogP contribution in [0.1, 0.15) is 46.0 Å². The number of nitrogens with one attached hydrogen (secondary N) is 2. The lowest BCUT2D eigenvalue weighted by molar-refractivity contribution is 0.461. The lowest BCUT2D eigenvalue weighted by Gasteiger charge is -2.23. The predicted octanol–water partition coefficient (Wildman–Crippen LogP) is 4.21. The monoisotopic (exact) mass is 340 g/mol. The molecule has 0 unspecified atom stereocenters. The summed E-state index contributed by atoms with van der Waals surface area (Å²) in [6, 6.07) is 8.85. The molecule has 6 nitrogen and oxygen atoms in total. The molecule has 0 aliphatic heterocycles. The van der Waals surface area contributed by atoms with Gasteiger partial charge >= 0.3 is 0 Å². The molecule has 1 aromatic heterocycles. The van der Waals surface area contributed by atoms with Gasteiger partial charge in [0.1, 0.15) is 0 Å². The first-order valence-electron chi connectivity index (χ1n) is 9.36. The Bertz CT molecular complexity index is 647. The highest BCUT2D eigenvalue weighted by Gasteiger charge is 2.14. The van der Waals surface area contributed by atoms with Crippen molar-refractivity contribution in [3.05, 3.63) is 30.5 Å². The SMILES string of the molecule is CCN(CC)c1ccc(Nc2nncc(NC3CCCCC3)n2)cc1. The van der Waals surface area contributed by atoms with Crippen molar-refractivity contribution >= 4 is 23.1 Å². The van der Waals surface area contributed by atoms with Crippen LogP contribution in [0.15, 0.2) is 30.5 Å². The average Bonchev–Trinajstić information content (AvgIpc) is 2.65. The summed E-state index contributed by atoms with van der Waals surface area (Å²) in [6.45, 7) is 6.34. The maximum absolute atomic E-state index is 4.55. The van der Waals surface area contributed by atoms with Gasteiger partial charge in [0.15, 0.2) is 5.82 Å². The Hall–Kier alpha value is -2.37. The Balaban J connectivity index is 1.63. The zero-order chi connectivity index (χ0) is 17.5. The second-order valence-corrected chi connectivity index (χ2v) is 6.49. The Kier molecular flexibility index (Phi) is 6.04. The first kappa shape index (κ1) is 17.5. The van der Waals surface area contributed by atoms with Crippen LogP contribution in [-0.4, -0.2) is 34.3 Å². The maximum Gasteiger partial charge on any atom is 0.249 e. The van der Waals surface area contributed by atoms with E-state index in [1.165, 1.54) is 37.8 Å². The van der Waals surface area contributed by atoms with Gasteiger partial charge in [0.2, 0.25) is 5.95 Å². The molecule has 1 fully saturated rings. The molecule has 1 aliphatic carbocycles. The van der Waals surface area contributed by atoms with Crippen LogP contribution in [0.4, 0.5) is 23.1 Å². The minimum atomic E-state index is 0.506. The van der Waals surface area contributed by atoms with Crippen LogP contribution in [0.3, 0.4) is 0 Å². The van der Waals surface area contributed by atoms with E-state index >= 15 is 0 Å². The lowest BCUT2D eigenvalue weighted by Crippen LogP contribution is -2.23. The third-order valence-corrected chi connectivity index (χ3v) is 4.77. The largest absolute Gasteiger partial charge is 0.372 e. The van der Waals surface area contributed by atoms with Gasteiger partial charge in [-0.15, -0.1) is 5.10 Å². The number of hydrogen-bond donors (Lipinski definition) is 2. The highest BCUT2D eigenvalue weighted by Crippen LogP contribution is 2.22. The number of nitrogens with zero attached hydrogens (tertiary/aromatic N) is 4. The highest BCUT2D eigenvalue weighted by molar-refractivity contribution is 5.59. The smallest absolute Gasteiger partial charge is 0.249 e. The summed E-state index contributed by atoms with van der Waals surface area (Å²) < 4.78 is 0. The first-order valence-corrected chi connectivity index (χ1v) is 9.36. The topological polar surface area (TPSA) is 66.0 Å². The molecule has 1 aliphatic rings. The Morgan fingerprint density at radius 3 is 2.44 bits per heavy atom. The molecule has 2 N–H and O–H groups in total. The van der Waals surface area contributed by atoms with Crippen molar-refractivity contribution in [2.45, 2.75) is 52.0 Å². The molecule has 0 radical (unpaired) electrons. The quantitative estimate of drug-likeness (QED) is 0.787. The van der Waals surface area contributed by atoms with Crippen LogP contribution < -0.4 is 15.5 Å². The van der Waals surface area contributed by atoms with Crippen LogP contribution in [-0.2, 0) is 0 Å². The summed E-state index contributed by atoms with van der Waals surface area (Å²) in [4.78, 5) is 6.86. The van der Waals surface area contributed by atoms with Gasteiger partial charge in [-0.1, -0.05) is 19.3 Å². The van der Waals surface area contributed by atoms with Crippen LogP contribution in [0, 0.1) is 0 Å². The maximum atomic E-state index is 4.55. The molecule has 2 aromatic rings. The fourth-order valence-corrected chi connectivity index (χ4v) is 3.36. The molecular formula is C19H28N6. The first-order chi connectivity index (χ1) is 12.3. The van der Waals surface area contributed by atoms with Gasteiger partial charge in [0.05, 0.1) is 6.20 Å². The van der Waals surface area contributed by atoms with Gasteiger partial charge in [-0.05, 0) is 51.0 Å². The van der Waals surface area contributed by atoms with E-state index in [0.29, 0.717) is 12.0 Å². The fourth-order valence-electron chi connectivity index (χ4n) is 3.36. The van der Waals surface area contributed by atoms with Crippen LogP contribution in [0.25, 0.3) is 0 Å². The van der Waals surface area contributed by atoms with Gasteiger partial charge in [0, 0.05) is 30.5 Å². The second kappa shape index (κ2) is 8.65. The van der Waals surface area contributed by atoms with Crippen molar-refractivity contribution < 1.29 is 0 Å². The van der Waals surface area contributed by atoms with Crippen molar-refractivity contribution in [2.75, 3.05) is 28.6 Å². The fraction of sp³-hybridized carbons (Fsp3) is 0.526.